The molecular weight excluding hydrogens is 324 g/mol. The van der Waals surface area contributed by atoms with Gasteiger partial charge in [-0.25, -0.2) is 0 Å². The third-order valence-corrected chi connectivity index (χ3v) is 5.54. The van der Waals surface area contributed by atoms with Crippen LogP contribution < -0.4 is 20.4 Å². The minimum atomic E-state index is -0.479. The van der Waals surface area contributed by atoms with Crippen molar-refractivity contribution in [2.45, 2.75) is 32.4 Å². The molecule has 26 heavy (non-hydrogen) atoms. The van der Waals surface area contributed by atoms with E-state index in [9.17, 15) is 4.79 Å². The fourth-order valence-electron chi connectivity index (χ4n) is 3.91. The van der Waals surface area contributed by atoms with Crippen molar-refractivity contribution in [1.82, 2.24) is 0 Å². The quantitative estimate of drug-likeness (QED) is 0.880. The number of benzene rings is 2. The molecule has 0 radical (unpaired) electrons. The van der Waals surface area contributed by atoms with Crippen molar-refractivity contribution in [3.05, 3.63) is 47.5 Å². The first-order valence-corrected chi connectivity index (χ1v) is 9.13. The number of anilines is 4. The number of hydrogen-bond acceptors (Lipinski definition) is 4. The molecule has 0 aliphatic carbocycles. The molecule has 0 saturated carbocycles. The van der Waals surface area contributed by atoms with Gasteiger partial charge in [-0.1, -0.05) is 12.1 Å². The third kappa shape index (κ3) is 2.34. The minimum Gasteiger partial charge on any atom is -0.378 e. The van der Waals surface area contributed by atoms with Gasteiger partial charge in [0.2, 0.25) is 5.91 Å². The van der Waals surface area contributed by atoms with E-state index in [0.717, 1.165) is 22.6 Å². The highest BCUT2D eigenvalue weighted by Crippen LogP contribution is 2.48. The summed E-state index contributed by atoms with van der Waals surface area (Å²) in [7, 11) is 4.09. The standard InChI is InChI=1S/C21H26N4O/c1-6-25-18-12-17-16(11-15(18)21(2,3)20(25)26)22-19(23-17)13-7-9-14(10-8-13)24(4)5/h7-12,19,22-23H,6H2,1-5H3. The monoisotopic (exact) mass is 350 g/mol. The highest BCUT2D eigenvalue weighted by Gasteiger charge is 2.44. The Bertz CT molecular complexity index is 870. The summed E-state index contributed by atoms with van der Waals surface area (Å²) in [5, 5.41) is 7.11. The second-order valence-electron chi connectivity index (χ2n) is 7.80. The Hall–Kier alpha value is -2.69. The van der Waals surface area contributed by atoms with Gasteiger partial charge in [0, 0.05) is 26.3 Å². The van der Waals surface area contributed by atoms with E-state index in [1.54, 1.807) is 0 Å². The number of carbonyl (C=O) groups is 1. The van der Waals surface area contributed by atoms with Crippen LogP contribution in [0, 0.1) is 0 Å². The smallest absolute Gasteiger partial charge is 0.237 e. The van der Waals surface area contributed by atoms with Gasteiger partial charge in [-0.05, 0) is 56.2 Å². The Morgan fingerprint density at radius 2 is 1.69 bits per heavy atom. The summed E-state index contributed by atoms with van der Waals surface area (Å²) in [5.41, 5.74) is 6.13. The lowest BCUT2D eigenvalue weighted by molar-refractivity contribution is -0.122. The Labute approximate surface area is 155 Å². The van der Waals surface area contributed by atoms with E-state index in [0.29, 0.717) is 6.54 Å². The molecule has 2 aromatic rings. The lowest BCUT2D eigenvalue weighted by Gasteiger charge is -2.19. The van der Waals surface area contributed by atoms with Gasteiger partial charge in [0.25, 0.3) is 0 Å². The van der Waals surface area contributed by atoms with Gasteiger partial charge in [-0.15, -0.1) is 0 Å². The normalized spacial score (nSPS) is 19.7. The molecule has 1 unspecified atom stereocenters. The van der Waals surface area contributed by atoms with E-state index in [2.05, 4.69) is 51.9 Å². The number of likely N-dealkylation sites (N-methyl/N-ethyl adjacent to an activating group) is 1. The Kier molecular flexibility index (Phi) is 3.65. The zero-order valence-corrected chi connectivity index (χ0v) is 16.1. The van der Waals surface area contributed by atoms with Crippen LogP contribution in [-0.2, 0) is 10.2 Å². The van der Waals surface area contributed by atoms with Crippen LogP contribution in [0.15, 0.2) is 36.4 Å². The van der Waals surface area contributed by atoms with Gasteiger partial charge in [-0.3, -0.25) is 4.79 Å². The van der Waals surface area contributed by atoms with Crippen molar-refractivity contribution < 1.29 is 4.79 Å². The molecule has 0 bridgehead atoms. The molecule has 4 rings (SSSR count). The SMILES string of the molecule is CCN1C(=O)C(C)(C)c2cc3c(cc21)NC(c1ccc(N(C)C)cc1)N3. The van der Waals surface area contributed by atoms with Gasteiger partial charge < -0.3 is 20.4 Å². The molecular formula is C21H26N4O. The predicted octanol–water partition coefficient (Wildman–Crippen LogP) is 3.93. The second kappa shape index (κ2) is 5.66. The van der Waals surface area contributed by atoms with E-state index < -0.39 is 5.41 Å². The first kappa shape index (κ1) is 16.8. The Morgan fingerprint density at radius 3 is 2.27 bits per heavy atom. The molecule has 1 amide bonds. The number of amides is 1. The van der Waals surface area contributed by atoms with Crippen LogP contribution in [0.5, 0.6) is 0 Å². The lowest BCUT2D eigenvalue weighted by atomic mass is 9.86. The Morgan fingerprint density at radius 1 is 1.08 bits per heavy atom. The molecule has 0 fully saturated rings. The largest absolute Gasteiger partial charge is 0.378 e. The fourth-order valence-corrected chi connectivity index (χ4v) is 3.91. The summed E-state index contributed by atoms with van der Waals surface area (Å²) in [6.07, 6.45) is 0.0395. The molecule has 0 saturated heterocycles. The highest BCUT2D eigenvalue weighted by atomic mass is 16.2. The molecule has 0 spiro atoms. The van der Waals surface area contributed by atoms with Gasteiger partial charge >= 0.3 is 0 Å². The Balaban J connectivity index is 1.66. The second-order valence-corrected chi connectivity index (χ2v) is 7.80. The van der Waals surface area contributed by atoms with Gasteiger partial charge in [0.1, 0.15) is 6.17 Å². The first-order valence-electron chi connectivity index (χ1n) is 9.13. The molecule has 2 aliphatic rings. The van der Waals surface area contributed by atoms with Crippen LogP contribution in [0.2, 0.25) is 0 Å². The fraction of sp³-hybridized carbons (Fsp3) is 0.381. The number of fused-ring (bicyclic) bond motifs is 2. The molecule has 2 heterocycles. The van der Waals surface area contributed by atoms with Crippen molar-refractivity contribution in [3.63, 3.8) is 0 Å². The molecule has 2 aromatic carbocycles. The third-order valence-electron chi connectivity index (χ3n) is 5.54. The number of nitrogens with one attached hydrogen (secondary N) is 2. The molecule has 2 N–H and O–H groups in total. The molecule has 2 aliphatic heterocycles. The molecule has 5 heteroatoms. The summed E-state index contributed by atoms with van der Waals surface area (Å²) < 4.78 is 0. The molecule has 136 valence electrons. The van der Waals surface area contributed by atoms with Crippen LogP contribution in [0.3, 0.4) is 0 Å². The zero-order valence-electron chi connectivity index (χ0n) is 16.1. The van der Waals surface area contributed by atoms with E-state index in [1.165, 1.54) is 11.3 Å². The minimum absolute atomic E-state index is 0.0395. The summed E-state index contributed by atoms with van der Waals surface area (Å²) in [4.78, 5) is 16.7. The number of rotatable bonds is 3. The number of carbonyl (C=O) groups excluding carboxylic acids is 1. The van der Waals surface area contributed by atoms with Crippen LogP contribution >= 0.6 is 0 Å². The van der Waals surface area contributed by atoms with Gasteiger partial charge in [0.15, 0.2) is 0 Å². The molecule has 1 atom stereocenters. The van der Waals surface area contributed by atoms with Crippen molar-refractivity contribution in [2.24, 2.45) is 0 Å². The van der Waals surface area contributed by atoms with Gasteiger partial charge in [0.05, 0.1) is 22.5 Å². The first-order chi connectivity index (χ1) is 12.3. The van der Waals surface area contributed by atoms with Crippen molar-refractivity contribution >= 4 is 28.7 Å². The van der Waals surface area contributed by atoms with Crippen LogP contribution in [0.4, 0.5) is 22.7 Å². The maximum atomic E-state index is 12.7. The molecule has 5 nitrogen and oxygen atoms in total. The highest BCUT2D eigenvalue weighted by molar-refractivity contribution is 6.09. The zero-order chi connectivity index (χ0) is 18.6. The predicted molar refractivity (Wildman–Crippen MR) is 108 cm³/mol. The van der Waals surface area contributed by atoms with Crippen molar-refractivity contribution in [1.29, 1.82) is 0 Å². The summed E-state index contributed by atoms with van der Waals surface area (Å²) in [5.74, 6) is 0.175. The maximum absolute atomic E-state index is 12.7. The van der Waals surface area contributed by atoms with Crippen molar-refractivity contribution in [2.75, 3.05) is 41.1 Å². The maximum Gasteiger partial charge on any atom is 0.237 e. The van der Waals surface area contributed by atoms with Gasteiger partial charge in [-0.2, -0.15) is 0 Å². The lowest BCUT2D eigenvalue weighted by Crippen LogP contribution is -2.35. The topological polar surface area (TPSA) is 47.6 Å². The van der Waals surface area contributed by atoms with E-state index in [4.69, 9.17) is 0 Å². The van der Waals surface area contributed by atoms with Crippen LogP contribution in [0.25, 0.3) is 0 Å². The summed E-state index contributed by atoms with van der Waals surface area (Å²) >= 11 is 0. The average molecular weight is 350 g/mol. The van der Waals surface area contributed by atoms with Crippen LogP contribution in [0.1, 0.15) is 38.1 Å². The van der Waals surface area contributed by atoms with Crippen molar-refractivity contribution in [3.8, 4) is 0 Å². The number of hydrogen-bond donors (Lipinski definition) is 2. The summed E-state index contributed by atoms with van der Waals surface area (Å²) in [6.45, 7) is 6.74. The molecule has 0 aromatic heterocycles. The summed E-state index contributed by atoms with van der Waals surface area (Å²) in [6, 6.07) is 12.8. The van der Waals surface area contributed by atoms with Crippen LogP contribution in [-0.4, -0.2) is 26.5 Å². The average Bonchev–Trinajstić information content (AvgIpc) is 3.11. The number of nitrogens with zero attached hydrogens (tertiary/aromatic N) is 2. The van der Waals surface area contributed by atoms with E-state index in [-0.39, 0.29) is 12.1 Å². The van der Waals surface area contributed by atoms with E-state index >= 15 is 0 Å². The van der Waals surface area contributed by atoms with E-state index in [1.807, 2.05) is 39.8 Å².